The summed E-state index contributed by atoms with van der Waals surface area (Å²) < 4.78 is 4.42. The summed E-state index contributed by atoms with van der Waals surface area (Å²) in [5, 5.41) is 18.0. The molecule has 15 heavy (non-hydrogen) atoms. The molecule has 1 aromatic rings. The fourth-order valence-corrected chi connectivity index (χ4v) is 1.14. The van der Waals surface area contributed by atoms with Gasteiger partial charge in [-0.1, -0.05) is 0 Å². The lowest BCUT2D eigenvalue weighted by Crippen LogP contribution is -2.08. The van der Waals surface area contributed by atoms with Gasteiger partial charge in [-0.25, -0.2) is 4.79 Å². The Morgan fingerprint density at radius 1 is 1.60 bits per heavy atom. The normalized spacial score (nSPS) is 9.07. The fraction of sp³-hybridized carbons (Fsp3) is 0.100. The molecule has 0 unspecified atom stereocenters. The molecule has 0 amide bonds. The number of methoxy groups -OCH3 is 1. The first-order chi connectivity index (χ1) is 7.15. The van der Waals surface area contributed by atoms with Gasteiger partial charge in [0.15, 0.2) is 6.29 Å². The van der Waals surface area contributed by atoms with Crippen LogP contribution in [0.25, 0.3) is 0 Å². The van der Waals surface area contributed by atoms with E-state index in [4.69, 9.17) is 5.26 Å². The number of benzene rings is 1. The van der Waals surface area contributed by atoms with Gasteiger partial charge >= 0.3 is 5.97 Å². The minimum atomic E-state index is -0.829. The summed E-state index contributed by atoms with van der Waals surface area (Å²) in [5.74, 6) is -1.19. The zero-order valence-corrected chi connectivity index (χ0v) is 7.85. The standard InChI is InChI=1S/C10H7NO4/c1-15-10(14)9-6(4-11)2-3-8(13)7(9)5-12/h2-3,5,13H,1H3. The number of nitrogens with zero attached hydrogens (tertiary/aromatic N) is 1. The third-order valence-corrected chi connectivity index (χ3v) is 1.85. The maximum Gasteiger partial charge on any atom is 0.340 e. The number of phenolic OH excluding ortho intramolecular Hbond substituents is 1. The van der Waals surface area contributed by atoms with Crippen molar-refractivity contribution in [3.63, 3.8) is 0 Å². The molecule has 0 aliphatic rings. The maximum atomic E-state index is 11.3. The van der Waals surface area contributed by atoms with Gasteiger partial charge in [-0.3, -0.25) is 4.79 Å². The molecular formula is C10H7NO4. The Morgan fingerprint density at radius 2 is 2.27 bits per heavy atom. The van der Waals surface area contributed by atoms with Crippen LogP contribution in [0.2, 0.25) is 0 Å². The lowest BCUT2D eigenvalue weighted by Gasteiger charge is -2.06. The van der Waals surface area contributed by atoms with Crippen LogP contribution in [0.15, 0.2) is 12.1 Å². The number of carbonyl (C=O) groups is 2. The predicted octanol–water partition coefficient (Wildman–Crippen LogP) is 0.863. The van der Waals surface area contributed by atoms with E-state index in [0.29, 0.717) is 6.29 Å². The highest BCUT2D eigenvalue weighted by atomic mass is 16.5. The molecule has 0 spiro atoms. The summed E-state index contributed by atoms with van der Waals surface area (Å²) in [4.78, 5) is 21.9. The number of carbonyl (C=O) groups excluding carboxylic acids is 2. The molecule has 1 N–H and O–H groups in total. The van der Waals surface area contributed by atoms with E-state index in [-0.39, 0.29) is 22.4 Å². The van der Waals surface area contributed by atoms with Gasteiger partial charge in [0, 0.05) is 0 Å². The lowest BCUT2D eigenvalue weighted by molar-refractivity contribution is 0.0597. The summed E-state index contributed by atoms with van der Waals surface area (Å²) in [5.41, 5.74) is -0.461. The van der Waals surface area contributed by atoms with Crippen molar-refractivity contribution in [2.45, 2.75) is 0 Å². The lowest BCUT2D eigenvalue weighted by atomic mass is 10.0. The maximum absolute atomic E-state index is 11.3. The molecule has 0 radical (unpaired) electrons. The minimum absolute atomic E-state index is 0.0123. The number of hydrogen-bond donors (Lipinski definition) is 1. The number of rotatable bonds is 2. The van der Waals surface area contributed by atoms with Gasteiger partial charge in [0.05, 0.1) is 23.8 Å². The second kappa shape index (κ2) is 4.24. The number of phenols is 1. The van der Waals surface area contributed by atoms with Crippen molar-refractivity contribution in [2.24, 2.45) is 0 Å². The van der Waals surface area contributed by atoms with Gasteiger partial charge in [0.2, 0.25) is 0 Å². The van der Waals surface area contributed by atoms with Gasteiger partial charge < -0.3 is 9.84 Å². The number of hydrogen-bond acceptors (Lipinski definition) is 5. The molecule has 76 valence electrons. The van der Waals surface area contributed by atoms with Crippen molar-refractivity contribution in [3.8, 4) is 11.8 Å². The van der Waals surface area contributed by atoms with E-state index in [9.17, 15) is 14.7 Å². The molecule has 0 saturated carbocycles. The van der Waals surface area contributed by atoms with Crippen molar-refractivity contribution in [3.05, 3.63) is 28.8 Å². The predicted molar refractivity (Wildman–Crippen MR) is 49.5 cm³/mol. The van der Waals surface area contributed by atoms with Crippen LogP contribution in [-0.2, 0) is 4.74 Å². The zero-order chi connectivity index (χ0) is 11.4. The minimum Gasteiger partial charge on any atom is -0.507 e. The largest absolute Gasteiger partial charge is 0.507 e. The molecule has 0 aliphatic heterocycles. The van der Waals surface area contributed by atoms with Crippen LogP contribution < -0.4 is 0 Å². The van der Waals surface area contributed by atoms with Crippen LogP contribution in [-0.4, -0.2) is 24.5 Å². The molecule has 1 rings (SSSR count). The monoisotopic (exact) mass is 205 g/mol. The highest BCUT2D eigenvalue weighted by molar-refractivity contribution is 6.02. The molecule has 0 atom stereocenters. The quantitative estimate of drug-likeness (QED) is 0.571. The van der Waals surface area contributed by atoms with E-state index in [0.717, 1.165) is 7.11 Å². The number of nitriles is 1. The highest BCUT2D eigenvalue weighted by Gasteiger charge is 2.19. The van der Waals surface area contributed by atoms with E-state index in [2.05, 4.69) is 4.74 Å². The van der Waals surface area contributed by atoms with E-state index < -0.39 is 5.97 Å². The number of ether oxygens (including phenoxy) is 1. The third kappa shape index (κ3) is 1.79. The highest BCUT2D eigenvalue weighted by Crippen LogP contribution is 2.23. The Morgan fingerprint density at radius 3 is 2.73 bits per heavy atom. The summed E-state index contributed by atoms with van der Waals surface area (Å²) in [6.45, 7) is 0. The Kier molecular flexibility index (Phi) is 3.03. The Bertz CT molecular complexity index is 459. The van der Waals surface area contributed by atoms with E-state index >= 15 is 0 Å². The van der Waals surface area contributed by atoms with Crippen molar-refractivity contribution >= 4 is 12.3 Å². The van der Waals surface area contributed by atoms with Crippen molar-refractivity contribution in [1.82, 2.24) is 0 Å². The number of aromatic hydroxyl groups is 1. The SMILES string of the molecule is COC(=O)c1c(C#N)ccc(O)c1C=O. The van der Waals surface area contributed by atoms with Crippen molar-refractivity contribution < 1.29 is 19.4 Å². The van der Waals surface area contributed by atoms with Crippen LogP contribution in [0.5, 0.6) is 5.75 Å². The van der Waals surface area contributed by atoms with Crippen molar-refractivity contribution in [2.75, 3.05) is 7.11 Å². The molecule has 0 aromatic heterocycles. The van der Waals surface area contributed by atoms with E-state index in [1.807, 2.05) is 0 Å². The first-order valence-electron chi connectivity index (χ1n) is 3.95. The van der Waals surface area contributed by atoms with E-state index in [1.165, 1.54) is 12.1 Å². The Balaban J connectivity index is 3.56. The summed E-state index contributed by atoms with van der Waals surface area (Å²) in [6, 6.07) is 4.16. The zero-order valence-electron chi connectivity index (χ0n) is 7.85. The number of esters is 1. The van der Waals surface area contributed by atoms with E-state index in [1.54, 1.807) is 6.07 Å². The summed E-state index contributed by atoms with van der Waals surface area (Å²) in [6.07, 6.45) is 0.308. The topological polar surface area (TPSA) is 87.4 Å². The van der Waals surface area contributed by atoms with Crippen LogP contribution >= 0.6 is 0 Å². The van der Waals surface area contributed by atoms with Crippen LogP contribution in [0.3, 0.4) is 0 Å². The van der Waals surface area contributed by atoms with Crippen molar-refractivity contribution in [1.29, 1.82) is 5.26 Å². The molecule has 5 nitrogen and oxygen atoms in total. The third-order valence-electron chi connectivity index (χ3n) is 1.85. The van der Waals surface area contributed by atoms with Gasteiger partial charge in [0.1, 0.15) is 11.8 Å². The summed E-state index contributed by atoms with van der Waals surface area (Å²) in [7, 11) is 1.13. The second-order valence-corrected chi connectivity index (χ2v) is 2.64. The molecule has 0 aliphatic carbocycles. The molecular weight excluding hydrogens is 198 g/mol. The molecule has 0 bridgehead atoms. The molecule has 1 aromatic carbocycles. The average molecular weight is 205 g/mol. The average Bonchev–Trinajstić information content (AvgIpc) is 2.27. The van der Waals surface area contributed by atoms with Gasteiger partial charge in [-0.15, -0.1) is 0 Å². The molecule has 0 heterocycles. The first-order valence-corrected chi connectivity index (χ1v) is 3.95. The van der Waals surface area contributed by atoms with Gasteiger partial charge in [0.25, 0.3) is 0 Å². The molecule has 5 heteroatoms. The van der Waals surface area contributed by atoms with Crippen LogP contribution in [0, 0.1) is 11.3 Å². The van der Waals surface area contributed by atoms with Gasteiger partial charge in [-0.2, -0.15) is 5.26 Å². The second-order valence-electron chi connectivity index (χ2n) is 2.64. The van der Waals surface area contributed by atoms with Crippen LogP contribution in [0.4, 0.5) is 0 Å². The van der Waals surface area contributed by atoms with Gasteiger partial charge in [-0.05, 0) is 12.1 Å². The smallest absolute Gasteiger partial charge is 0.340 e. The summed E-state index contributed by atoms with van der Waals surface area (Å²) >= 11 is 0. The first kappa shape index (κ1) is 10.7. The molecule has 0 saturated heterocycles. The Labute approximate surface area is 85.5 Å². The fourth-order valence-electron chi connectivity index (χ4n) is 1.14. The molecule has 0 fully saturated rings. The van der Waals surface area contributed by atoms with Crippen LogP contribution in [0.1, 0.15) is 26.3 Å². The Hall–Kier alpha value is -2.35. The number of aldehydes is 1.